The quantitative estimate of drug-likeness (QED) is 0.855. The Morgan fingerprint density at radius 2 is 2.05 bits per heavy atom. The highest BCUT2D eigenvalue weighted by atomic mass is 16.2. The minimum atomic E-state index is -0.149. The number of aliphatic hydroxyl groups excluding tert-OH is 1. The van der Waals surface area contributed by atoms with E-state index in [9.17, 15) is 4.79 Å². The fourth-order valence-electron chi connectivity index (χ4n) is 2.07. The van der Waals surface area contributed by atoms with Gasteiger partial charge in [0.05, 0.1) is 6.54 Å². The zero-order valence-electron chi connectivity index (χ0n) is 11.5. The van der Waals surface area contributed by atoms with Gasteiger partial charge in [-0.05, 0) is 24.1 Å². The van der Waals surface area contributed by atoms with E-state index >= 15 is 0 Å². The Labute approximate surface area is 118 Å². The number of imidazole rings is 1. The Kier molecular flexibility index (Phi) is 4.80. The molecule has 2 rings (SSSR count). The van der Waals surface area contributed by atoms with Crippen molar-refractivity contribution in [1.82, 2.24) is 9.13 Å². The number of nitrogens with zero attached hydrogens (tertiary/aromatic N) is 2. The van der Waals surface area contributed by atoms with Gasteiger partial charge in [0.2, 0.25) is 0 Å². The van der Waals surface area contributed by atoms with Gasteiger partial charge in [-0.25, -0.2) is 4.79 Å². The first-order valence-corrected chi connectivity index (χ1v) is 6.69. The molecule has 0 aliphatic heterocycles. The van der Waals surface area contributed by atoms with E-state index in [1.54, 1.807) is 9.13 Å². The van der Waals surface area contributed by atoms with Crippen molar-refractivity contribution in [3.63, 3.8) is 0 Å². The zero-order chi connectivity index (χ0) is 14.4. The number of aliphatic hydroxyl groups is 1. The summed E-state index contributed by atoms with van der Waals surface area (Å²) in [7, 11) is 0. The van der Waals surface area contributed by atoms with E-state index in [1.165, 1.54) is 0 Å². The van der Waals surface area contributed by atoms with Gasteiger partial charge in [0.25, 0.3) is 0 Å². The molecule has 0 radical (unpaired) electrons. The van der Waals surface area contributed by atoms with Crippen LogP contribution in [-0.4, -0.2) is 20.8 Å². The molecule has 0 amide bonds. The van der Waals surface area contributed by atoms with Crippen molar-refractivity contribution in [3.8, 4) is 11.8 Å². The number of aryl methyl sites for hydroxylation is 1. The minimum Gasteiger partial charge on any atom is -0.384 e. The normalized spacial score (nSPS) is 10.1. The summed E-state index contributed by atoms with van der Waals surface area (Å²) in [6, 6.07) is 7.70. The molecule has 104 valence electrons. The Hall–Kier alpha value is -2.25. The minimum absolute atomic E-state index is 0.0127. The van der Waals surface area contributed by atoms with E-state index in [2.05, 4.69) is 11.8 Å². The first-order valence-electron chi connectivity index (χ1n) is 6.69. The number of hydrogen-bond donors (Lipinski definition) is 1. The maximum atomic E-state index is 12.1. The molecular formula is C16H18N2O2. The molecule has 0 bridgehead atoms. The molecule has 0 fully saturated rings. The predicted molar refractivity (Wildman–Crippen MR) is 78.5 cm³/mol. The van der Waals surface area contributed by atoms with Crippen LogP contribution in [0.15, 0.2) is 41.5 Å². The van der Waals surface area contributed by atoms with Gasteiger partial charge in [-0.2, -0.15) is 0 Å². The van der Waals surface area contributed by atoms with Crippen LogP contribution in [0.4, 0.5) is 0 Å². The molecule has 0 saturated heterocycles. The van der Waals surface area contributed by atoms with Crippen LogP contribution in [0.3, 0.4) is 0 Å². The van der Waals surface area contributed by atoms with Gasteiger partial charge in [0, 0.05) is 24.5 Å². The maximum absolute atomic E-state index is 12.1. The summed E-state index contributed by atoms with van der Waals surface area (Å²) in [4.78, 5) is 12.1. The number of benzene rings is 1. The summed E-state index contributed by atoms with van der Waals surface area (Å²) in [5, 5.41) is 8.70. The molecule has 0 atom stereocenters. The van der Waals surface area contributed by atoms with Gasteiger partial charge in [0.15, 0.2) is 0 Å². The maximum Gasteiger partial charge on any atom is 0.328 e. The molecule has 0 aliphatic carbocycles. The highest BCUT2D eigenvalue weighted by Crippen LogP contribution is 2.05. The third-order valence-electron chi connectivity index (χ3n) is 2.97. The number of rotatable bonds is 4. The molecule has 2 aromatic rings. The largest absolute Gasteiger partial charge is 0.384 e. The van der Waals surface area contributed by atoms with E-state index < -0.39 is 0 Å². The second kappa shape index (κ2) is 6.78. The van der Waals surface area contributed by atoms with Crippen LogP contribution < -0.4 is 5.69 Å². The fourth-order valence-corrected chi connectivity index (χ4v) is 2.07. The average Bonchev–Trinajstić information content (AvgIpc) is 2.79. The molecule has 1 aromatic carbocycles. The summed E-state index contributed by atoms with van der Waals surface area (Å²) in [6.07, 6.45) is 4.57. The van der Waals surface area contributed by atoms with E-state index in [-0.39, 0.29) is 12.3 Å². The molecule has 4 heteroatoms. The van der Waals surface area contributed by atoms with Crippen LogP contribution in [0, 0.1) is 11.8 Å². The lowest BCUT2D eigenvalue weighted by Gasteiger charge is -2.03. The highest BCUT2D eigenvalue weighted by molar-refractivity contribution is 5.37. The molecule has 20 heavy (non-hydrogen) atoms. The molecule has 4 nitrogen and oxygen atoms in total. The Morgan fingerprint density at radius 1 is 1.25 bits per heavy atom. The van der Waals surface area contributed by atoms with Crippen molar-refractivity contribution >= 4 is 0 Å². The van der Waals surface area contributed by atoms with Gasteiger partial charge in [-0.15, -0.1) is 0 Å². The lowest BCUT2D eigenvalue weighted by Crippen LogP contribution is -2.24. The summed E-state index contributed by atoms with van der Waals surface area (Å²) in [5.74, 6) is 5.49. The summed E-state index contributed by atoms with van der Waals surface area (Å²) in [5.41, 5.74) is 1.88. The number of hydrogen-bond acceptors (Lipinski definition) is 2. The predicted octanol–water partition coefficient (Wildman–Crippen LogP) is 1.45. The van der Waals surface area contributed by atoms with Crippen molar-refractivity contribution in [2.24, 2.45) is 0 Å². The van der Waals surface area contributed by atoms with Crippen LogP contribution in [0.5, 0.6) is 0 Å². The first kappa shape index (κ1) is 14.2. The first-order chi connectivity index (χ1) is 9.74. The van der Waals surface area contributed by atoms with E-state index in [0.717, 1.165) is 24.1 Å². The molecule has 0 unspecified atom stereocenters. The zero-order valence-corrected chi connectivity index (χ0v) is 11.5. The van der Waals surface area contributed by atoms with Gasteiger partial charge < -0.3 is 5.11 Å². The van der Waals surface area contributed by atoms with Gasteiger partial charge in [-0.1, -0.05) is 30.9 Å². The molecular weight excluding hydrogens is 252 g/mol. The molecule has 1 N–H and O–H groups in total. The SMILES string of the molecule is CCCn1ccn(Cc2cccc(C#CCO)c2)c1=O. The fraction of sp³-hybridized carbons (Fsp3) is 0.312. The topological polar surface area (TPSA) is 47.2 Å². The average molecular weight is 270 g/mol. The van der Waals surface area contributed by atoms with Gasteiger partial charge in [-0.3, -0.25) is 9.13 Å². The van der Waals surface area contributed by atoms with Crippen molar-refractivity contribution in [1.29, 1.82) is 0 Å². The standard InChI is InChI=1S/C16H18N2O2/c1-2-8-17-9-10-18(16(17)20)13-15-6-3-5-14(12-15)7-4-11-19/h3,5-6,9-10,12,19H,2,8,11,13H2,1H3. The lowest BCUT2D eigenvalue weighted by molar-refractivity contribution is 0.350. The van der Waals surface area contributed by atoms with Crippen LogP contribution >= 0.6 is 0 Å². The Morgan fingerprint density at radius 3 is 2.80 bits per heavy atom. The monoisotopic (exact) mass is 270 g/mol. The van der Waals surface area contributed by atoms with Crippen molar-refractivity contribution < 1.29 is 5.11 Å². The molecule has 0 aliphatic rings. The van der Waals surface area contributed by atoms with Crippen LogP contribution in [0.2, 0.25) is 0 Å². The van der Waals surface area contributed by atoms with E-state index in [0.29, 0.717) is 6.54 Å². The highest BCUT2D eigenvalue weighted by Gasteiger charge is 2.03. The van der Waals surface area contributed by atoms with Crippen molar-refractivity contribution in [2.45, 2.75) is 26.4 Å². The van der Waals surface area contributed by atoms with Gasteiger partial charge in [0.1, 0.15) is 6.61 Å². The molecule has 1 heterocycles. The number of aromatic nitrogens is 2. The van der Waals surface area contributed by atoms with Crippen molar-refractivity contribution in [3.05, 3.63) is 58.3 Å². The second-order valence-corrected chi connectivity index (χ2v) is 4.56. The molecule has 1 aromatic heterocycles. The third-order valence-corrected chi connectivity index (χ3v) is 2.97. The lowest BCUT2D eigenvalue weighted by atomic mass is 10.1. The smallest absolute Gasteiger partial charge is 0.328 e. The molecule has 0 spiro atoms. The summed E-state index contributed by atoms with van der Waals surface area (Å²) in [6.45, 7) is 3.18. The third kappa shape index (κ3) is 3.40. The van der Waals surface area contributed by atoms with E-state index in [4.69, 9.17) is 5.11 Å². The Bertz CT molecular complexity index is 686. The second-order valence-electron chi connectivity index (χ2n) is 4.56. The summed E-state index contributed by atoms with van der Waals surface area (Å²) < 4.78 is 3.41. The van der Waals surface area contributed by atoms with Crippen LogP contribution in [-0.2, 0) is 13.1 Å². The summed E-state index contributed by atoms with van der Waals surface area (Å²) >= 11 is 0. The van der Waals surface area contributed by atoms with Crippen molar-refractivity contribution in [2.75, 3.05) is 6.61 Å². The Balaban J connectivity index is 2.20. The van der Waals surface area contributed by atoms with E-state index in [1.807, 2.05) is 43.6 Å². The molecule has 0 saturated carbocycles. The van der Waals surface area contributed by atoms with Crippen LogP contribution in [0.1, 0.15) is 24.5 Å². The van der Waals surface area contributed by atoms with Crippen LogP contribution in [0.25, 0.3) is 0 Å². The van der Waals surface area contributed by atoms with Gasteiger partial charge >= 0.3 is 5.69 Å².